The van der Waals surface area contributed by atoms with E-state index in [1.165, 1.54) is 32.1 Å². The van der Waals surface area contributed by atoms with Crippen LogP contribution in [0.3, 0.4) is 0 Å². The van der Waals surface area contributed by atoms with Crippen LogP contribution in [-0.4, -0.2) is 17.3 Å². The summed E-state index contributed by atoms with van der Waals surface area (Å²) in [4.78, 5) is 11.1. The Balaban J connectivity index is 2.35. The normalized spacial score (nSPS) is 12.9. The third-order valence-corrected chi connectivity index (χ3v) is 4.78. The van der Waals surface area contributed by atoms with Crippen LogP contribution in [0.2, 0.25) is 0 Å². The molecule has 1 rings (SSSR count). The molecule has 2 nitrogen and oxygen atoms in total. The summed E-state index contributed by atoms with van der Waals surface area (Å²) < 4.78 is 33.5. The molecule has 0 aliphatic heterocycles. The highest BCUT2D eigenvalue weighted by Crippen LogP contribution is 2.29. The zero-order valence-corrected chi connectivity index (χ0v) is 16.4. The Labute approximate surface area is 161 Å². The Hall–Kier alpha value is -1.00. The number of alkyl halides is 2. The number of halogens is 3. The van der Waals surface area contributed by atoms with Gasteiger partial charge in [0, 0.05) is 0 Å². The van der Waals surface area contributed by atoms with Gasteiger partial charge in [0.1, 0.15) is 6.10 Å². The third kappa shape index (κ3) is 9.09. The van der Waals surface area contributed by atoms with Gasteiger partial charge in [-0.2, -0.15) is 8.78 Å². The Morgan fingerprint density at radius 2 is 1.54 bits per heavy atom. The first-order chi connectivity index (χ1) is 12.5. The van der Waals surface area contributed by atoms with E-state index in [-0.39, 0.29) is 13.0 Å². The lowest BCUT2D eigenvalue weighted by atomic mass is 10.0. The molecule has 0 radical (unpaired) electrons. The van der Waals surface area contributed by atoms with Crippen molar-refractivity contribution >= 4 is 16.8 Å². The quantitative estimate of drug-likeness (QED) is 0.241. The molecule has 26 heavy (non-hydrogen) atoms. The van der Waals surface area contributed by atoms with Gasteiger partial charge in [-0.3, -0.25) is 4.79 Å². The van der Waals surface area contributed by atoms with Gasteiger partial charge in [-0.15, -0.1) is 0 Å². The Morgan fingerprint density at radius 3 is 2.08 bits per heavy atom. The average Bonchev–Trinajstić information content (AvgIpc) is 2.63. The SMILES string of the molecule is CCCCCCCCCCCC(OCc1ccccc1)C(F)(F)C(=O)Cl. The van der Waals surface area contributed by atoms with Crippen molar-refractivity contribution in [2.45, 2.75) is 89.8 Å². The minimum atomic E-state index is -3.66. The van der Waals surface area contributed by atoms with Crippen molar-refractivity contribution in [2.24, 2.45) is 0 Å². The number of benzene rings is 1. The smallest absolute Gasteiger partial charge is 0.345 e. The van der Waals surface area contributed by atoms with E-state index >= 15 is 0 Å². The van der Waals surface area contributed by atoms with Gasteiger partial charge >= 0.3 is 5.92 Å². The molecule has 0 saturated carbocycles. The largest absolute Gasteiger partial charge is 0.367 e. The van der Waals surface area contributed by atoms with E-state index in [4.69, 9.17) is 16.3 Å². The van der Waals surface area contributed by atoms with E-state index in [2.05, 4.69) is 6.92 Å². The van der Waals surface area contributed by atoms with Crippen LogP contribution in [-0.2, 0) is 16.1 Å². The van der Waals surface area contributed by atoms with Crippen LogP contribution in [0.5, 0.6) is 0 Å². The van der Waals surface area contributed by atoms with Crippen molar-refractivity contribution in [2.75, 3.05) is 0 Å². The Morgan fingerprint density at radius 1 is 1.00 bits per heavy atom. The molecule has 1 aromatic rings. The van der Waals surface area contributed by atoms with Crippen molar-refractivity contribution in [1.82, 2.24) is 0 Å². The lowest BCUT2D eigenvalue weighted by Crippen LogP contribution is -2.40. The highest BCUT2D eigenvalue weighted by molar-refractivity contribution is 6.65. The molecule has 0 amide bonds. The van der Waals surface area contributed by atoms with Crippen LogP contribution in [0.15, 0.2) is 30.3 Å². The number of carbonyl (C=O) groups is 1. The molecule has 1 aromatic carbocycles. The minimum absolute atomic E-state index is 0.0443. The van der Waals surface area contributed by atoms with Crippen molar-refractivity contribution in [3.05, 3.63) is 35.9 Å². The second kappa shape index (κ2) is 13.2. The van der Waals surface area contributed by atoms with Crippen LogP contribution in [0.25, 0.3) is 0 Å². The minimum Gasteiger partial charge on any atom is -0.367 e. The van der Waals surface area contributed by atoms with Crippen molar-refractivity contribution in [3.63, 3.8) is 0 Å². The first kappa shape index (κ1) is 23.0. The molecule has 5 heteroatoms. The summed E-state index contributed by atoms with van der Waals surface area (Å²) in [5.74, 6) is -3.66. The van der Waals surface area contributed by atoms with Crippen LogP contribution in [0.4, 0.5) is 8.78 Å². The highest BCUT2D eigenvalue weighted by atomic mass is 35.5. The standard InChI is InChI=1S/C21H31ClF2O2/c1-2-3-4-5-6-7-8-9-13-16-19(21(23,24)20(22)25)26-17-18-14-11-10-12-15-18/h10-12,14-15,19H,2-9,13,16-17H2,1H3. The molecule has 0 aliphatic carbocycles. The summed E-state index contributed by atoms with van der Waals surface area (Å²) in [5.41, 5.74) is 0.794. The van der Waals surface area contributed by atoms with Gasteiger partial charge < -0.3 is 4.74 Å². The fourth-order valence-corrected chi connectivity index (χ4v) is 3.03. The summed E-state index contributed by atoms with van der Waals surface area (Å²) in [5, 5.41) is -1.65. The lowest BCUT2D eigenvalue weighted by Gasteiger charge is -2.24. The summed E-state index contributed by atoms with van der Waals surface area (Å²) in [7, 11) is 0. The van der Waals surface area contributed by atoms with Crippen molar-refractivity contribution < 1.29 is 18.3 Å². The van der Waals surface area contributed by atoms with Crippen molar-refractivity contribution in [3.8, 4) is 0 Å². The van der Waals surface area contributed by atoms with Gasteiger partial charge in [-0.1, -0.05) is 95.0 Å². The van der Waals surface area contributed by atoms with Gasteiger partial charge in [0.25, 0.3) is 5.24 Å². The number of carbonyl (C=O) groups excluding carboxylic acids is 1. The highest BCUT2D eigenvalue weighted by Gasteiger charge is 2.46. The Bertz CT molecular complexity index is 494. The molecular formula is C21H31ClF2O2. The number of unbranched alkanes of at least 4 members (excludes halogenated alkanes) is 8. The van der Waals surface area contributed by atoms with Gasteiger partial charge in [-0.25, -0.2) is 0 Å². The maximum atomic E-state index is 14.1. The molecule has 0 saturated heterocycles. The molecule has 0 N–H and O–H groups in total. The fourth-order valence-electron chi connectivity index (χ4n) is 2.91. The molecule has 0 spiro atoms. The maximum absolute atomic E-state index is 14.1. The van der Waals surface area contributed by atoms with Crippen LogP contribution in [0.1, 0.15) is 76.7 Å². The van der Waals surface area contributed by atoms with Crippen LogP contribution < -0.4 is 0 Å². The first-order valence-corrected chi connectivity index (χ1v) is 10.1. The summed E-state index contributed by atoms with van der Waals surface area (Å²) in [6.45, 7) is 2.24. The second-order valence-corrected chi connectivity index (χ2v) is 7.14. The second-order valence-electron chi connectivity index (χ2n) is 6.80. The Kier molecular flexibility index (Phi) is 11.7. The topological polar surface area (TPSA) is 26.3 Å². The maximum Gasteiger partial charge on any atom is 0.345 e. The molecule has 148 valence electrons. The zero-order chi connectivity index (χ0) is 19.3. The summed E-state index contributed by atoms with van der Waals surface area (Å²) in [6.07, 6.45) is 8.52. The van der Waals surface area contributed by atoms with Gasteiger partial charge in [0.2, 0.25) is 0 Å². The lowest BCUT2D eigenvalue weighted by molar-refractivity contribution is -0.164. The predicted octanol–water partition coefficient (Wildman–Crippen LogP) is 6.89. The summed E-state index contributed by atoms with van der Waals surface area (Å²) >= 11 is 5.10. The van der Waals surface area contributed by atoms with Crippen LogP contribution >= 0.6 is 11.6 Å². The monoisotopic (exact) mass is 388 g/mol. The molecule has 0 aliphatic rings. The molecule has 1 unspecified atom stereocenters. The fraction of sp³-hybridized carbons (Fsp3) is 0.667. The molecule has 0 aromatic heterocycles. The molecule has 0 bridgehead atoms. The number of rotatable bonds is 15. The molecule has 0 fully saturated rings. The van der Waals surface area contributed by atoms with Gasteiger partial charge in [0.05, 0.1) is 6.61 Å². The number of hydrogen-bond acceptors (Lipinski definition) is 2. The third-order valence-electron chi connectivity index (χ3n) is 4.53. The van der Waals surface area contributed by atoms with Gasteiger partial charge in [-0.05, 0) is 23.6 Å². The molecule has 0 heterocycles. The van der Waals surface area contributed by atoms with Gasteiger partial charge in [0.15, 0.2) is 0 Å². The zero-order valence-electron chi connectivity index (χ0n) is 15.7. The molecular weight excluding hydrogens is 358 g/mol. The van der Waals surface area contributed by atoms with Crippen molar-refractivity contribution in [1.29, 1.82) is 0 Å². The van der Waals surface area contributed by atoms with Crippen LogP contribution in [0, 0.1) is 0 Å². The van der Waals surface area contributed by atoms with E-state index < -0.39 is 17.3 Å². The predicted molar refractivity (Wildman–Crippen MR) is 103 cm³/mol. The summed E-state index contributed by atoms with van der Waals surface area (Å²) in [6, 6.07) is 9.09. The van der Waals surface area contributed by atoms with E-state index in [9.17, 15) is 13.6 Å². The van der Waals surface area contributed by atoms with E-state index in [1.807, 2.05) is 18.2 Å². The number of ether oxygens (including phenoxy) is 1. The van der Waals surface area contributed by atoms with E-state index in [1.54, 1.807) is 12.1 Å². The number of hydrogen-bond donors (Lipinski definition) is 0. The van der Waals surface area contributed by atoms with E-state index in [0.717, 1.165) is 24.8 Å². The van der Waals surface area contributed by atoms with E-state index in [0.29, 0.717) is 6.42 Å². The first-order valence-electron chi connectivity index (χ1n) is 9.71. The average molecular weight is 389 g/mol. The molecule has 1 atom stereocenters.